The molecule has 1 aromatic rings. The van der Waals surface area contributed by atoms with Gasteiger partial charge in [-0.05, 0) is 24.4 Å². The SMILES string of the molecule is C=CCNc1nc(=S)[nH]c(=S)[nH]1. The van der Waals surface area contributed by atoms with Crippen molar-refractivity contribution in [3.8, 4) is 0 Å². The van der Waals surface area contributed by atoms with Crippen LogP contribution in [-0.2, 0) is 0 Å². The molecule has 1 aromatic heterocycles. The molecule has 1 rings (SSSR count). The largest absolute Gasteiger partial charge is 0.352 e. The van der Waals surface area contributed by atoms with Crippen LogP contribution in [-0.4, -0.2) is 21.5 Å². The molecule has 1 heterocycles. The lowest BCUT2D eigenvalue weighted by Gasteiger charge is -2.00. The predicted molar refractivity (Wildman–Crippen MR) is 53.3 cm³/mol. The highest BCUT2D eigenvalue weighted by molar-refractivity contribution is 7.71. The van der Waals surface area contributed by atoms with Crippen LogP contribution in [0.4, 0.5) is 5.95 Å². The van der Waals surface area contributed by atoms with Crippen LogP contribution in [0.5, 0.6) is 0 Å². The molecule has 0 radical (unpaired) electrons. The van der Waals surface area contributed by atoms with Crippen molar-refractivity contribution in [1.82, 2.24) is 15.0 Å². The van der Waals surface area contributed by atoms with Crippen LogP contribution in [0.3, 0.4) is 0 Å². The van der Waals surface area contributed by atoms with Gasteiger partial charge >= 0.3 is 0 Å². The van der Waals surface area contributed by atoms with Crippen molar-refractivity contribution < 1.29 is 0 Å². The molecule has 0 spiro atoms. The Kier molecular flexibility index (Phi) is 3.12. The molecular formula is C6H8N4S2. The highest BCUT2D eigenvalue weighted by atomic mass is 32.1. The van der Waals surface area contributed by atoms with Crippen molar-refractivity contribution in [2.75, 3.05) is 11.9 Å². The van der Waals surface area contributed by atoms with Crippen LogP contribution >= 0.6 is 24.4 Å². The molecule has 6 heteroatoms. The van der Waals surface area contributed by atoms with Crippen molar-refractivity contribution in [2.24, 2.45) is 0 Å². The van der Waals surface area contributed by atoms with E-state index in [0.29, 0.717) is 22.0 Å². The van der Waals surface area contributed by atoms with E-state index in [1.807, 2.05) is 0 Å². The number of nitrogens with zero attached hydrogens (tertiary/aromatic N) is 1. The summed E-state index contributed by atoms with van der Waals surface area (Å²) in [7, 11) is 0. The molecule has 0 saturated heterocycles. The molecule has 3 N–H and O–H groups in total. The van der Waals surface area contributed by atoms with Crippen LogP contribution in [0.25, 0.3) is 0 Å². The minimum absolute atomic E-state index is 0.366. The van der Waals surface area contributed by atoms with Gasteiger partial charge in [0.1, 0.15) is 0 Å². The zero-order valence-electron chi connectivity index (χ0n) is 6.26. The molecular weight excluding hydrogens is 192 g/mol. The van der Waals surface area contributed by atoms with Crippen LogP contribution in [0.15, 0.2) is 12.7 Å². The van der Waals surface area contributed by atoms with Crippen molar-refractivity contribution in [3.05, 3.63) is 22.2 Å². The third-order valence-electron chi connectivity index (χ3n) is 1.08. The average molecular weight is 200 g/mol. The van der Waals surface area contributed by atoms with Gasteiger partial charge in [-0.15, -0.1) is 6.58 Å². The Bertz CT molecular complexity index is 349. The second kappa shape index (κ2) is 4.13. The van der Waals surface area contributed by atoms with Gasteiger partial charge in [-0.3, -0.25) is 0 Å². The summed E-state index contributed by atoms with van der Waals surface area (Å²) in [6.45, 7) is 4.18. The Labute approximate surface area is 79.8 Å². The number of aromatic amines is 2. The zero-order chi connectivity index (χ0) is 8.97. The number of hydrogen-bond donors (Lipinski definition) is 3. The number of nitrogens with one attached hydrogen (secondary N) is 3. The van der Waals surface area contributed by atoms with E-state index >= 15 is 0 Å². The summed E-state index contributed by atoms with van der Waals surface area (Å²) in [4.78, 5) is 9.44. The first-order chi connectivity index (χ1) is 5.72. The highest BCUT2D eigenvalue weighted by Crippen LogP contribution is 1.94. The van der Waals surface area contributed by atoms with E-state index in [1.54, 1.807) is 6.08 Å². The second-order valence-electron chi connectivity index (χ2n) is 2.01. The first-order valence-corrected chi connectivity index (χ1v) is 4.09. The Balaban J connectivity index is 2.93. The monoisotopic (exact) mass is 200 g/mol. The minimum atomic E-state index is 0.366. The van der Waals surface area contributed by atoms with Gasteiger partial charge in [0.25, 0.3) is 0 Å². The molecule has 0 unspecified atom stereocenters. The number of rotatable bonds is 3. The van der Waals surface area contributed by atoms with Gasteiger partial charge in [-0.1, -0.05) is 6.08 Å². The van der Waals surface area contributed by atoms with Crippen molar-refractivity contribution in [2.45, 2.75) is 0 Å². The lowest BCUT2D eigenvalue weighted by molar-refractivity contribution is 0.995. The Hall–Kier alpha value is -1.01. The summed E-state index contributed by atoms with van der Waals surface area (Å²) in [5.74, 6) is 0.559. The fraction of sp³-hybridized carbons (Fsp3) is 0.167. The molecule has 0 aromatic carbocycles. The molecule has 0 bridgehead atoms. The first kappa shape index (κ1) is 9.08. The van der Waals surface area contributed by atoms with Gasteiger partial charge < -0.3 is 15.3 Å². The van der Waals surface area contributed by atoms with Crippen LogP contribution in [0.1, 0.15) is 0 Å². The maximum atomic E-state index is 4.85. The van der Waals surface area contributed by atoms with Gasteiger partial charge in [0.15, 0.2) is 4.77 Å². The second-order valence-corrected chi connectivity index (χ2v) is 2.81. The maximum absolute atomic E-state index is 4.85. The molecule has 0 amide bonds. The lowest BCUT2D eigenvalue weighted by atomic mass is 10.6. The number of anilines is 1. The predicted octanol–water partition coefficient (Wildman–Crippen LogP) is 1.79. The van der Waals surface area contributed by atoms with Gasteiger partial charge in [0.2, 0.25) is 10.7 Å². The lowest BCUT2D eigenvalue weighted by Crippen LogP contribution is -2.03. The number of H-pyrrole nitrogens is 2. The molecule has 12 heavy (non-hydrogen) atoms. The molecule has 0 saturated carbocycles. The Morgan fingerprint density at radius 1 is 1.50 bits per heavy atom. The topological polar surface area (TPSA) is 56.5 Å². The summed E-state index contributed by atoms with van der Waals surface area (Å²) in [5.41, 5.74) is 0. The van der Waals surface area contributed by atoms with Crippen molar-refractivity contribution >= 4 is 30.4 Å². The van der Waals surface area contributed by atoms with E-state index in [1.165, 1.54) is 0 Å². The van der Waals surface area contributed by atoms with E-state index in [4.69, 9.17) is 24.4 Å². The molecule has 0 aliphatic heterocycles. The molecule has 0 aliphatic rings. The fourth-order valence-corrected chi connectivity index (χ4v) is 1.10. The van der Waals surface area contributed by atoms with Crippen molar-refractivity contribution in [3.63, 3.8) is 0 Å². The summed E-state index contributed by atoms with van der Waals surface area (Å²) in [5, 5.41) is 2.94. The van der Waals surface area contributed by atoms with E-state index in [0.717, 1.165) is 0 Å². The number of hydrogen-bond acceptors (Lipinski definition) is 4. The normalized spacial score (nSPS) is 9.33. The first-order valence-electron chi connectivity index (χ1n) is 3.28. The summed E-state index contributed by atoms with van der Waals surface area (Å²) >= 11 is 9.67. The number of aromatic nitrogens is 3. The molecule has 0 fully saturated rings. The summed E-state index contributed by atoms with van der Waals surface area (Å²) < 4.78 is 0.826. The van der Waals surface area contributed by atoms with Gasteiger partial charge in [-0.25, -0.2) is 0 Å². The molecule has 0 atom stereocenters. The van der Waals surface area contributed by atoms with E-state index < -0.39 is 0 Å². The fourth-order valence-electron chi connectivity index (χ4n) is 0.646. The van der Waals surface area contributed by atoms with E-state index in [2.05, 4.69) is 26.8 Å². The van der Waals surface area contributed by atoms with Crippen LogP contribution in [0.2, 0.25) is 0 Å². The van der Waals surface area contributed by atoms with Crippen molar-refractivity contribution in [1.29, 1.82) is 0 Å². The molecule has 64 valence electrons. The van der Waals surface area contributed by atoms with E-state index in [9.17, 15) is 0 Å². The minimum Gasteiger partial charge on any atom is -0.352 e. The third-order valence-corrected chi connectivity index (χ3v) is 1.48. The highest BCUT2D eigenvalue weighted by Gasteiger charge is 1.90. The third kappa shape index (κ3) is 2.55. The van der Waals surface area contributed by atoms with Crippen LogP contribution < -0.4 is 5.32 Å². The molecule has 0 aliphatic carbocycles. The van der Waals surface area contributed by atoms with Crippen LogP contribution in [0, 0.1) is 9.54 Å². The maximum Gasteiger partial charge on any atom is 0.205 e. The smallest absolute Gasteiger partial charge is 0.205 e. The van der Waals surface area contributed by atoms with Gasteiger partial charge in [0.05, 0.1) is 0 Å². The standard InChI is InChI=1S/C6H8N4S2/c1-2-3-7-4-8-5(11)10-6(12)9-4/h2H,1,3H2,(H3,7,8,9,10,11,12). The zero-order valence-corrected chi connectivity index (χ0v) is 7.89. The summed E-state index contributed by atoms with van der Waals surface area (Å²) in [6, 6.07) is 0. The summed E-state index contributed by atoms with van der Waals surface area (Å²) in [6.07, 6.45) is 1.72. The van der Waals surface area contributed by atoms with Gasteiger partial charge in [0, 0.05) is 6.54 Å². The van der Waals surface area contributed by atoms with E-state index in [-0.39, 0.29) is 0 Å². The Morgan fingerprint density at radius 2 is 2.25 bits per heavy atom. The quantitative estimate of drug-likeness (QED) is 0.514. The molecule has 4 nitrogen and oxygen atoms in total. The average Bonchev–Trinajstić information content (AvgIpc) is 1.99. The Morgan fingerprint density at radius 3 is 2.83 bits per heavy atom. The van der Waals surface area contributed by atoms with Gasteiger partial charge in [-0.2, -0.15) is 4.98 Å².